The standard InChI is InChI=1S/C14H18N2O2/c1-18-15-14(16-10-6-3-7-11-16)13(17)12-8-4-2-5-9-12/h2,4-5,8-9H,3,6-7,10-11H2,1H3. The Morgan fingerprint density at radius 3 is 2.44 bits per heavy atom. The van der Waals surface area contributed by atoms with Gasteiger partial charge >= 0.3 is 0 Å². The number of likely N-dealkylation sites (tertiary alicyclic amines) is 1. The molecule has 0 aromatic heterocycles. The van der Waals surface area contributed by atoms with E-state index in [0.29, 0.717) is 11.4 Å². The third-order valence-electron chi connectivity index (χ3n) is 3.07. The van der Waals surface area contributed by atoms with Crippen molar-refractivity contribution in [3.8, 4) is 0 Å². The number of piperidine rings is 1. The van der Waals surface area contributed by atoms with Gasteiger partial charge in [0.15, 0.2) is 0 Å². The molecular weight excluding hydrogens is 228 g/mol. The Labute approximate surface area is 107 Å². The molecular formula is C14H18N2O2. The average Bonchev–Trinajstić information content (AvgIpc) is 2.46. The number of Topliss-reactive ketones (excluding diaryl/α,β-unsaturated/α-hetero) is 1. The van der Waals surface area contributed by atoms with Gasteiger partial charge in [-0.05, 0) is 19.3 Å². The van der Waals surface area contributed by atoms with Crippen LogP contribution in [0.25, 0.3) is 0 Å². The summed E-state index contributed by atoms with van der Waals surface area (Å²) in [7, 11) is 1.47. The van der Waals surface area contributed by atoms with Crippen LogP contribution in [-0.2, 0) is 4.84 Å². The molecule has 1 saturated heterocycles. The van der Waals surface area contributed by atoms with Gasteiger partial charge in [0.1, 0.15) is 7.11 Å². The molecule has 1 aliphatic heterocycles. The van der Waals surface area contributed by atoms with Gasteiger partial charge in [0, 0.05) is 18.7 Å². The Kier molecular flexibility index (Phi) is 4.34. The van der Waals surface area contributed by atoms with E-state index in [-0.39, 0.29) is 5.78 Å². The number of oxime groups is 1. The molecule has 1 aromatic carbocycles. The van der Waals surface area contributed by atoms with Crippen LogP contribution in [0.5, 0.6) is 0 Å². The van der Waals surface area contributed by atoms with Gasteiger partial charge in [0.05, 0.1) is 0 Å². The zero-order valence-electron chi connectivity index (χ0n) is 10.6. The number of amidine groups is 1. The first-order valence-corrected chi connectivity index (χ1v) is 6.29. The second-order valence-electron chi connectivity index (χ2n) is 4.34. The van der Waals surface area contributed by atoms with Crippen molar-refractivity contribution in [3.05, 3.63) is 35.9 Å². The van der Waals surface area contributed by atoms with Crippen LogP contribution >= 0.6 is 0 Å². The summed E-state index contributed by atoms with van der Waals surface area (Å²) >= 11 is 0. The maximum absolute atomic E-state index is 12.4. The van der Waals surface area contributed by atoms with Crippen LogP contribution in [0.4, 0.5) is 0 Å². The lowest BCUT2D eigenvalue weighted by molar-refractivity contribution is 0.103. The zero-order chi connectivity index (χ0) is 12.8. The van der Waals surface area contributed by atoms with Gasteiger partial charge in [-0.1, -0.05) is 35.5 Å². The van der Waals surface area contributed by atoms with E-state index in [1.807, 2.05) is 23.1 Å². The van der Waals surface area contributed by atoms with Crippen molar-refractivity contribution >= 4 is 11.6 Å². The summed E-state index contributed by atoms with van der Waals surface area (Å²) in [5.41, 5.74) is 0.652. The summed E-state index contributed by atoms with van der Waals surface area (Å²) in [6.07, 6.45) is 3.42. The molecule has 1 fully saturated rings. The van der Waals surface area contributed by atoms with Gasteiger partial charge in [0.2, 0.25) is 11.6 Å². The first-order chi connectivity index (χ1) is 8.83. The van der Waals surface area contributed by atoms with Gasteiger partial charge < -0.3 is 9.74 Å². The minimum atomic E-state index is -0.0700. The molecule has 0 saturated carbocycles. The number of carbonyl (C=O) groups is 1. The van der Waals surface area contributed by atoms with Crippen molar-refractivity contribution in [1.82, 2.24) is 4.90 Å². The molecule has 1 aliphatic rings. The van der Waals surface area contributed by atoms with Gasteiger partial charge in [-0.15, -0.1) is 0 Å². The molecule has 0 aliphatic carbocycles. The Morgan fingerprint density at radius 1 is 1.17 bits per heavy atom. The molecule has 0 radical (unpaired) electrons. The smallest absolute Gasteiger partial charge is 0.231 e. The van der Waals surface area contributed by atoms with E-state index in [0.717, 1.165) is 25.9 Å². The third-order valence-corrected chi connectivity index (χ3v) is 3.07. The van der Waals surface area contributed by atoms with Crippen LogP contribution in [0.3, 0.4) is 0 Å². The van der Waals surface area contributed by atoms with E-state index in [4.69, 9.17) is 4.84 Å². The predicted octanol–water partition coefficient (Wildman–Crippen LogP) is 2.32. The fraction of sp³-hybridized carbons (Fsp3) is 0.429. The lowest BCUT2D eigenvalue weighted by Gasteiger charge is -2.28. The van der Waals surface area contributed by atoms with Crippen molar-refractivity contribution in [2.24, 2.45) is 5.16 Å². The topological polar surface area (TPSA) is 41.9 Å². The Hall–Kier alpha value is -1.84. The SMILES string of the molecule is CON=C(C(=O)c1ccccc1)N1CCCCC1. The normalized spacial score (nSPS) is 16.5. The monoisotopic (exact) mass is 246 g/mol. The van der Waals surface area contributed by atoms with Crippen molar-refractivity contribution in [2.75, 3.05) is 20.2 Å². The lowest BCUT2D eigenvalue weighted by atomic mass is 10.1. The maximum Gasteiger partial charge on any atom is 0.231 e. The number of rotatable bonds is 3. The number of nitrogens with zero attached hydrogens (tertiary/aromatic N) is 2. The number of ketones is 1. The largest absolute Gasteiger partial charge is 0.397 e. The highest BCUT2D eigenvalue weighted by atomic mass is 16.6. The van der Waals surface area contributed by atoms with Gasteiger partial charge in [-0.25, -0.2) is 0 Å². The second kappa shape index (κ2) is 6.19. The van der Waals surface area contributed by atoms with E-state index >= 15 is 0 Å². The van der Waals surface area contributed by atoms with Gasteiger partial charge in [-0.2, -0.15) is 0 Å². The summed E-state index contributed by atoms with van der Waals surface area (Å²) in [5.74, 6) is 0.350. The highest BCUT2D eigenvalue weighted by Crippen LogP contribution is 2.12. The predicted molar refractivity (Wildman–Crippen MR) is 70.6 cm³/mol. The molecule has 0 spiro atoms. The zero-order valence-corrected chi connectivity index (χ0v) is 10.6. The van der Waals surface area contributed by atoms with E-state index in [2.05, 4.69) is 5.16 Å². The van der Waals surface area contributed by atoms with Gasteiger partial charge in [-0.3, -0.25) is 4.79 Å². The molecule has 0 atom stereocenters. The van der Waals surface area contributed by atoms with Crippen molar-refractivity contribution < 1.29 is 9.63 Å². The lowest BCUT2D eigenvalue weighted by Crippen LogP contribution is -2.40. The average molecular weight is 246 g/mol. The van der Waals surface area contributed by atoms with Crippen LogP contribution in [0, 0.1) is 0 Å². The van der Waals surface area contributed by atoms with Crippen molar-refractivity contribution in [2.45, 2.75) is 19.3 Å². The molecule has 0 N–H and O–H groups in total. The molecule has 0 bridgehead atoms. The van der Waals surface area contributed by atoms with Crippen molar-refractivity contribution in [3.63, 3.8) is 0 Å². The molecule has 1 aromatic rings. The number of benzene rings is 1. The van der Waals surface area contributed by atoms with E-state index in [9.17, 15) is 4.79 Å². The molecule has 4 heteroatoms. The Bertz CT molecular complexity index is 423. The summed E-state index contributed by atoms with van der Waals surface area (Å²) < 4.78 is 0. The van der Waals surface area contributed by atoms with Crippen LogP contribution in [0.2, 0.25) is 0 Å². The summed E-state index contributed by atoms with van der Waals surface area (Å²) in [5, 5.41) is 3.92. The third kappa shape index (κ3) is 2.88. The quantitative estimate of drug-likeness (QED) is 0.356. The molecule has 18 heavy (non-hydrogen) atoms. The fourth-order valence-electron chi connectivity index (χ4n) is 2.15. The van der Waals surface area contributed by atoms with Gasteiger partial charge in [0.25, 0.3) is 0 Å². The number of carbonyl (C=O) groups excluding carboxylic acids is 1. The van der Waals surface area contributed by atoms with E-state index in [1.165, 1.54) is 13.5 Å². The Balaban J connectivity index is 2.20. The minimum absolute atomic E-state index is 0.0700. The maximum atomic E-state index is 12.4. The van der Waals surface area contributed by atoms with Crippen LogP contribution in [0.1, 0.15) is 29.6 Å². The summed E-state index contributed by atoms with van der Waals surface area (Å²) in [6, 6.07) is 9.21. The molecule has 1 heterocycles. The number of hydrogen-bond acceptors (Lipinski definition) is 3. The van der Waals surface area contributed by atoms with Crippen LogP contribution < -0.4 is 0 Å². The molecule has 2 rings (SSSR count). The summed E-state index contributed by atoms with van der Waals surface area (Å²) in [4.78, 5) is 19.2. The summed E-state index contributed by atoms with van der Waals surface area (Å²) in [6.45, 7) is 1.75. The van der Waals surface area contributed by atoms with E-state index in [1.54, 1.807) is 12.1 Å². The first kappa shape index (κ1) is 12.6. The van der Waals surface area contributed by atoms with E-state index < -0.39 is 0 Å². The van der Waals surface area contributed by atoms with Crippen LogP contribution in [-0.4, -0.2) is 36.7 Å². The fourth-order valence-corrected chi connectivity index (χ4v) is 2.15. The minimum Gasteiger partial charge on any atom is -0.397 e. The van der Waals surface area contributed by atoms with Crippen molar-refractivity contribution in [1.29, 1.82) is 0 Å². The molecule has 96 valence electrons. The highest BCUT2D eigenvalue weighted by Gasteiger charge is 2.23. The first-order valence-electron chi connectivity index (χ1n) is 6.29. The van der Waals surface area contributed by atoms with Crippen LogP contribution in [0.15, 0.2) is 35.5 Å². The second-order valence-corrected chi connectivity index (χ2v) is 4.34. The highest BCUT2D eigenvalue weighted by molar-refractivity contribution is 6.44. The molecule has 4 nitrogen and oxygen atoms in total. The number of hydrogen-bond donors (Lipinski definition) is 0. The Morgan fingerprint density at radius 2 is 1.83 bits per heavy atom. The molecule has 0 unspecified atom stereocenters. The molecule has 0 amide bonds.